The fraction of sp³-hybridized carbons (Fsp3) is 0.300. The minimum Gasteiger partial charge on any atom is -0.486 e. The van der Waals surface area contributed by atoms with Crippen molar-refractivity contribution in [3.63, 3.8) is 0 Å². The Balaban J connectivity index is 1.33. The van der Waals surface area contributed by atoms with Crippen LogP contribution in [0.15, 0.2) is 42.5 Å². The molecule has 146 valence electrons. The van der Waals surface area contributed by atoms with E-state index in [1.54, 1.807) is 29.2 Å². The molecule has 7 nitrogen and oxygen atoms in total. The van der Waals surface area contributed by atoms with Crippen LogP contribution in [-0.2, 0) is 11.3 Å². The molecule has 1 unspecified atom stereocenters. The average molecular weight is 385 g/mol. The number of halogens is 1. The summed E-state index contributed by atoms with van der Waals surface area (Å²) in [5.41, 5.74) is 1.50. The number of hydrogen-bond donors (Lipinski definition) is 2. The molecule has 4 rings (SSSR count). The average Bonchev–Trinajstić information content (AvgIpc) is 3.07. The summed E-state index contributed by atoms with van der Waals surface area (Å²) >= 11 is 0. The second-order valence-electron chi connectivity index (χ2n) is 6.69. The molecule has 3 amide bonds. The van der Waals surface area contributed by atoms with Crippen molar-refractivity contribution in [2.24, 2.45) is 0 Å². The maximum absolute atomic E-state index is 12.9. The predicted octanol–water partition coefficient (Wildman–Crippen LogP) is 2.20. The molecule has 0 aromatic heterocycles. The summed E-state index contributed by atoms with van der Waals surface area (Å²) in [7, 11) is 0. The van der Waals surface area contributed by atoms with E-state index in [0.717, 1.165) is 5.56 Å². The van der Waals surface area contributed by atoms with Gasteiger partial charge in [-0.25, -0.2) is 9.18 Å². The van der Waals surface area contributed by atoms with Crippen LogP contribution < -0.4 is 25.0 Å². The van der Waals surface area contributed by atoms with Crippen LogP contribution in [0, 0.1) is 5.82 Å². The second-order valence-corrected chi connectivity index (χ2v) is 6.69. The quantitative estimate of drug-likeness (QED) is 0.846. The lowest BCUT2D eigenvalue weighted by atomic mass is 10.2. The van der Waals surface area contributed by atoms with Crippen molar-refractivity contribution in [3.05, 3.63) is 53.8 Å². The van der Waals surface area contributed by atoms with Gasteiger partial charge in [0.05, 0.1) is 6.04 Å². The molecule has 8 heteroatoms. The molecule has 2 aromatic carbocycles. The first-order chi connectivity index (χ1) is 13.6. The third-order valence-electron chi connectivity index (χ3n) is 4.66. The fourth-order valence-electron chi connectivity index (χ4n) is 3.27. The van der Waals surface area contributed by atoms with E-state index in [1.165, 1.54) is 12.1 Å². The van der Waals surface area contributed by atoms with Gasteiger partial charge in [0.2, 0.25) is 5.91 Å². The lowest BCUT2D eigenvalue weighted by Gasteiger charge is -2.22. The van der Waals surface area contributed by atoms with E-state index in [-0.39, 0.29) is 36.8 Å². The van der Waals surface area contributed by atoms with E-state index in [1.807, 2.05) is 6.07 Å². The van der Waals surface area contributed by atoms with Gasteiger partial charge in [0.15, 0.2) is 11.5 Å². The Bertz CT molecular complexity index is 888. The van der Waals surface area contributed by atoms with E-state index in [4.69, 9.17) is 9.47 Å². The minimum atomic E-state index is -0.369. The Morgan fingerprint density at radius 1 is 1.11 bits per heavy atom. The van der Waals surface area contributed by atoms with E-state index >= 15 is 0 Å². The van der Waals surface area contributed by atoms with Gasteiger partial charge in [0.25, 0.3) is 0 Å². The summed E-state index contributed by atoms with van der Waals surface area (Å²) in [5.74, 6) is 0.888. The van der Waals surface area contributed by atoms with Crippen molar-refractivity contribution in [2.45, 2.75) is 19.0 Å². The zero-order valence-corrected chi connectivity index (χ0v) is 15.1. The van der Waals surface area contributed by atoms with Gasteiger partial charge in [-0.1, -0.05) is 12.1 Å². The number of amides is 3. The number of nitrogens with zero attached hydrogens (tertiary/aromatic N) is 1. The van der Waals surface area contributed by atoms with Gasteiger partial charge in [-0.15, -0.1) is 0 Å². The third kappa shape index (κ3) is 4.00. The van der Waals surface area contributed by atoms with Gasteiger partial charge < -0.3 is 25.0 Å². The lowest BCUT2D eigenvalue weighted by molar-refractivity contribution is -0.117. The summed E-state index contributed by atoms with van der Waals surface area (Å²) in [6.07, 6.45) is 0.221. The van der Waals surface area contributed by atoms with Crippen LogP contribution in [0.2, 0.25) is 0 Å². The van der Waals surface area contributed by atoms with Gasteiger partial charge >= 0.3 is 6.03 Å². The highest BCUT2D eigenvalue weighted by molar-refractivity contribution is 5.97. The van der Waals surface area contributed by atoms with Crippen molar-refractivity contribution in [3.8, 4) is 11.5 Å². The monoisotopic (exact) mass is 385 g/mol. The second kappa shape index (κ2) is 7.75. The zero-order valence-electron chi connectivity index (χ0n) is 15.1. The number of ether oxygens (including phenoxy) is 2. The molecule has 1 saturated heterocycles. The Hall–Kier alpha value is -3.29. The predicted molar refractivity (Wildman–Crippen MR) is 100.0 cm³/mol. The molecule has 28 heavy (non-hydrogen) atoms. The fourth-order valence-corrected chi connectivity index (χ4v) is 3.27. The maximum Gasteiger partial charge on any atom is 0.315 e. The lowest BCUT2D eigenvalue weighted by Crippen LogP contribution is -2.43. The van der Waals surface area contributed by atoms with E-state index in [0.29, 0.717) is 36.9 Å². The first-order valence-corrected chi connectivity index (χ1v) is 9.07. The van der Waals surface area contributed by atoms with E-state index < -0.39 is 0 Å². The highest BCUT2D eigenvalue weighted by Gasteiger charge is 2.32. The van der Waals surface area contributed by atoms with Crippen molar-refractivity contribution >= 4 is 17.6 Å². The van der Waals surface area contributed by atoms with Gasteiger partial charge in [-0.2, -0.15) is 0 Å². The van der Waals surface area contributed by atoms with Crippen LogP contribution in [0.4, 0.5) is 14.9 Å². The highest BCUT2D eigenvalue weighted by Crippen LogP contribution is 2.35. The number of rotatable bonds is 4. The van der Waals surface area contributed by atoms with Crippen molar-refractivity contribution in [2.75, 3.05) is 24.7 Å². The van der Waals surface area contributed by atoms with Gasteiger partial charge in [0.1, 0.15) is 19.0 Å². The van der Waals surface area contributed by atoms with Crippen LogP contribution in [0.25, 0.3) is 0 Å². The summed E-state index contributed by atoms with van der Waals surface area (Å²) in [4.78, 5) is 26.1. The number of urea groups is 1. The molecular weight excluding hydrogens is 365 g/mol. The normalized spacial score (nSPS) is 18.1. The van der Waals surface area contributed by atoms with Gasteiger partial charge in [-0.3, -0.25) is 4.79 Å². The van der Waals surface area contributed by atoms with Crippen molar-refractivity contribution in [1.82, 2.24) is 10.6 Å². The van der Waals surface area contributed by atoms with Gasteiger partial charge in [-0.05, 0) is 29.8 Å². The van der Waals surface area contributed by atoms with Crippen molar-refractivity contribution in [1.29, 1.82) is 0 Å². The molecule has 2 heterocycles. The molecule has 2 aliphatic rings. The Morgan fingerprint density at radius 3 is 2.64 bits per heavy atom. The molecule has 0 bridgehead atoms. The number of anilines is 1. The van der Waals surface area contributed by atoms with E-state index in [2.05, 4.69) is 10.6 Å². The Morgan fingerprint density at radius 2 is 1.86 bits per heavy atom. The molecule has 1 atom stereocenters. The molecule has 2 N–H and O–H groups in total. The van der Waals surface area contributed by atoms with Crippen LogP contribution in [0.5, 0.6) is 11.5 Å². The number of carbonyl (C=O) groups excluding carboxylic acids is 2. The smallest absolute Gasteiger partial charge is 0.315 e. The molecule has 0 radical (unpaired) electrons. The SMILES string of the molecule is O=C(NCc1ccc(F)cc1)NC1CC(=O)N(c2ccc3c(c2)OCCO3)C1. The van der Waals surface area contributed by atoms with Crippen LogP contribution in [0.1, 0.15) is 12.0 Å². The number of nitrogens with one attached hydrogen (secondary N) is 2. The molecule has 0 spiro atoms. The Labute approximate surface area is 161 Å². The number of carbonyl (C=O) groups is 2. The molecule has 2 aromatic rings. The number of benzene rings is 2. The van der Waals surface area contributed by atoms with E-state index in [9.17, 15) is 14.0 Å². The van der Waals surface area contributed by atoms with Crippen molar-refractivity contribution < 1.29 is 23.5 Å². The first-order valence-electron chi connectivity index (χ1n) is 9.07. The Kier molecular flexibility index (Phi) is 5.01. The standard InChI is InChI=1S/C20H20FN3O4/c21-14-3-1-13(2-4-14)11-22-20(26)23-15-9-19(25)24(12-15)16-5-6-17-18(10-16)28-8-7-27-17/h1-6,10,15H,7-9,11-12H2,(H2,22,23,26). The van der Waals surface area contributed by atoms with Crippen LogP contribution in [0.3, 0.4) is 0 Å². The van der Waals surface area contributed by atoms with Crippen LogP contribution >= 0.6 is 0 Å². The van der Waals surface area contributed by atoms with Gasteiger partial charge in [0, 0.05) is 31.3 Å². The van der Waals surface area contributed by atoms with Crippen LogP contribution in [-0.4, -0.2) is 37.7 Å². The number of hydrogen-bond acceptors (Lipinski definition) is 4. The molecule has 0 saturated carbocycles. The molecule has 0 aliphatic carbocycles. The molecule has 2 aliphatic heterocycles. The highest BCUT2D eigenvalue weighted by atomic mass is 19.1. The maximum atomic E-state index is 12.9. The number of fused-ring (bicyclic) bond motifs is 1. The molecular formula is C20H20FN3O4. The zero-order chi connectivity index (χ0) is 19.5. The summed E-state index contributed by atoms with van der Waals surface area (Å²) in [5, 5.41) is 5.53. The molecule has 1 fully saturated rings. The third-order valence-corrected chi connectivity index (χ3v) is 4.66. The minimum absolute atomic E-state index is 0.0690. The topological polar surface area (TPSA) is 79.9 Å². The summed E-state index contributed by atoms with van der Waals surface area (Å²) < 4.78 is 24.0. The first kappa shape index (κ1) is 18.1. The largest absolute Gasteiger partial charge is 0.486 e. The summed E-state index contributed by atoms with van der Waals surface area (Å²) in [6.45, 7) is 1.64. The summed E-state index contributed by atoms with van der Waals surface area (Å²) in [6, 6.07) is 10.6.